The highest BCUT2D eigenvalue weighted by atomic mass is 16.6. The first-order valence-corrected chi connectivity index (χ1v) is 4.29. The Labute approximate surface area is 77.6 Å². The van der Waals surface area contributed by atoms with E-state index in [0.29, 0.717) is 6.61 Å². The predicted octanol–water partition coefficient (Wildman–Crippen LogP) is -1.31. The van der Waals surface area contributed by atoms with E-state index < -0.39 is 31.5 Å². The molecule has 0 spiro atoms. The molecule has 0 amide bonds. The van der Waals surface area contributed by atoms with Gasteiger partial charge in [0.2, 0.25) is 0 Å². The van der Waals surface area contributed by atoms with Crippen LogP contribution in [-0.4, -0.2) is 53.1 Å². The maximum Gasteiger partial charge on any atom is 0.166 e. The van der Waals surface area contributed by atoms with Gasteiger partial charge in [-0.1, -0.05) is 6.92 Å². The topological polar surface area (TPSA) is 90.2 Å². The van der Waals surface area contributed by atoms with Crippen molar-refractivity contribution in [3.63, 3.8) is 0 Å². The van der Waals surface area contributed by atoms with E-state index in [1.54, 1.807) is 0 Å². The predicted molar refractivity (Wildman–Crippen MR) is 45.9 cm³/mol. The number of hydrogen-bond donors (Lipinski definition) is 4. The summed E-state index contributed by atoms with van der Waals surface area (Å²) in [5.41, 5.74) is -1.37. The third-order valence-corrected chi connectivity index (χ3v) is 1.95. The van der Waals surface area contributed by atoms with Crippen LogP contribution in [0.15, 0.2) is 0 Å². The quantitative estimate of drug-likeness (QED) is 0.378. The third kappa shape index (κ3) is 3.21. The maximum atomic E-state index is 9.39. The molecule has 0 aromatic rings. The van der Waals surface area contributed by atoms with Crippen molar-refractivity contribution in [1.29, 1.82) is 0 Å². The molecule has 5 nitrogen and oxygen atoms in total. The molecule has 4 N–H and O–H groups in total. The van der Waals surface area contributed by atoms with Gasteiger partial charge in [-0.3, -0.25) is 0 Å². The van der Waals surface area contributed by atoms with Crippen LogP contribution >= 0.6 is 0 Å². The highest BCUT2D eigenvalue weighted by Crippen LogP contribution is 2.21. The summed E-state index contributed by atoms with van der Waals surface area (Å²) in [5, 5.41) is 36.0. The molecule has 1 unspecified atom stereocenters. The number of rotatable bonds is 7. The van der Waals surface area contributed by atoms with Gasteiger partial charge in [-0.15, -0.1) is 0 Å². The van der Waals surface area contributed by atoms with Gasteiger partial charge in [0, 0.05) is 6.61 Å². The summed E-state index contributed by atoms with van der Waals surface area (Å²) in [6, 6.07) is 0. The SMILES string of the molecule is CCCOC(O)C(CO)(CO)CO. The Bertz CT molecular complexity index is 115. The molecule has 0 aliphatic rings. The largest absolute Gasteiger partial charge is 0.395 e. The second-order valence-electron chi connectivity index (χ2n) is 3.06. The van der Waals surface area contributed by atoms with Crippen molar-refractivity contribution in [2.45, 2.75) is 19.6 Å². The average molecular weight is 194 g/mol. The number of aliphatic hydroxyl groups excluding tert-OH is 4. The Hall–Kier alpha value is -0.200. The smallest absolute Gasteiger partial charge is 0.166 e. The van der Waals surface area contributed by atoms with Gasteiger partial charge in [0.25, 0.3) is 0 Å². The highest BCUT2D eigenvalue weighted by Gasteiger charge is 2.37. The molecule has 0 aromatic carbocycles. The normalized spacial score (nSPS) is 14.5. The van der Waals surface area contributed by atoms with Crippen molar-refractivity contribution in [3.8, 4) is 0 Å². The molecule has 0 fully saturated rings. The van der Waals surface area contributed by atoms with Crippen molar-refractivity contribution in [2.75, 3.05) is 26.4 Å². The zero-order valence-corrected chi connectivity index (χ0v) is 7.81. The highest BCUT2D eigenvalue weighted by molar-refractivity contribution is 4.79. The van der Waals surface area contributed by atoms with E-state index in [4.69, 9.17) is 20.1 Å². The molecule has 0 radical (unpaired) electrons. The van der Waals surface area contributed by atoms with Crippen molar-refractivity contribution >= 4 is 0 Å². The van der Waals surface area contributed by atoms with E-state index in [1.165, 1.54) is 0 Å². The molecule has 0 saturated carbocycles. The summed E-state index contributed by atoms with van der Waals surface area (Å²) < 4.78 is 4.90. The van der Waals surface area contributed by atoms with Gasteiger partial charge in [0.1, 0.15) is 0 Å². The van der Waals surface area contributed by atoms with Crippen LogP contribution in [0.4, 0.5) is 0 Å². The van der Waals surface area contributed by atoms with Crippen LogP contribution in [0.3, 0.4) is 0 Å². The second-order valence-corrected chi connectivity index (χ2v) is 3.06. The van der Waals surface area contributed by atoms with Crippen LogP contribution in [0.25, 0.3) is 0 Å². The van der Waals surface area contributed by atoms with E-state index in [2.05, 4.69) is 0 Å². The van der Waals surface area contributed by atoms with Gasteiger partial charge in [0.05, 0.1) is 25.2 Å². The van der Waals surface area contributed by atoms with Crippen LogP contribution in [0, 0.1) is 5.41 Å². The maximum absolute atomic E-state index is 9.39. The van der Waals surface area contributed by atoms with Crippen LogP contribution in [0.2, 0.25) is 0 Å². The second kappa shape index (κ2) is 6.28. The van der Waals surface area contributed by atoms with Crippen LogP contribution in [0.1, 0.15) is 13.3 Å². The van der Waals surface area contributed by atoms with E-state index in [9.17, 15) is 5.11 Å². The minimum atomic E-state index is -1.37. The molecule has 0 aliphatic carbocycles. The van der Waals surface area contributed by atoms with Gasteiger partial charge < -0.3 is 25.2 Å². The summed E-state index contributed by atoms with van der Waals surface area (Å²) in [6.45, 7) is 0.620. The zero-order valence-electron chi connectivity index (χ0n) is 7.81. The van der Waals surface area contributed by atoms with Crippen molar-refractivity contribution < 1.29 is 25.2 Å². The number of aliphatic hydroxyl groups is 4. The molecular formula is C8H18O5. The molecule has 80 valence electrons. The monoisotopic (exact) mass is 194 g/mol. The van der Waals surface area contributed by atoms with Crippen LogP contribution in [0.5, 0.6) is 0 Å². The Morgan fingerprint density at radius 3 is 1.92 bits per heavy atom. The first kappa shape index (κ1) is 12.8. The van der Waals surface area contributed by atoms with Crippen LogP contribution < -0.4 is 0 Å². The van der Waals surface area contributed by atoms with E-state index >= 15 is 0 Å². The van der Waals surface area contributed by atoms with Crippen molar-refractivity contribution in [1.82, 2.24) is 0 Å². The van der Waals surface area contributed by atoms with Crippen molar-refractivity contribution in [2.24, 2.45) is 5.41 Å². The lowest BCUT2D eigenvalue weighted by Crippen LogP contribution is -2.46. The van der Waals surface area contributed by atoms with Gasteiger partial charge in [0.15, 0.2) is 6.29 Å². The van der Waals surface area contributed by atoms with Gasteiger partial charge >= 0.3 is 0 Å². The molecule has 0 aromatic heterocycles. The third-order valence-electron chi connectivity index (χ3n) is 1.95. The van der Waals surface area contributed by atoms with Gasteiger partial charge in [-0.05, 0) is 6.42 Å². The number of hydrogen-bond acceptors (Lipinski definition) is 5. The summed E-state index contributed by atoms with van der Waals surface area (Å²) in [6.07, 6.45) is -0.623. The molecule has 0 aliphatic heterocycles. The summed E-state index contributed by atoms with van der Waals surface area (Å²) in [5.74, 6) is 0. The first-order valence-electron chi connectivity index (χ1n) is 4.29. The molecule has 0 rings (SSSR count). The number of ether oxygens (including phenoxy) is 1. The fourth-order valence-electron chi connectivity index (χ4n) is 0.791. The lowest BCUT2D eigenvalue weighted by atomic mass is 9.90. The Morgan fingerprint density at radius 1 is 1.15 bits per heavy atom. The average Bonchev–Trinajstić information content (AvgIpc) is 2.18. The fraction of sp³-hybridized carbons (Fsp3) is 1.00. The summed E-state index contributed by atoms with van der Waals surface area (Å²) >= 11 is 0. The molecule has 0 bridgehead atoms. The van der Waals surface area contributed by atoms with E-state index in [0.717, 1.165) is 6.42 Å². The Kier molecular flexibility index (Phi) is 6.19. The molecule has 0 heterocycles. The summed E-state index contributed by atoms with van der Waals surface area (Å²) in [4.78, 5) is 0. The summed E-state index contributed by atoms with van der Waals surface area (Å²) in [7, 11) is 0. The lowest BCUT2D eigenvalue weighted by molar-refractivity contribution is -0.211. The Balaban J connectivity index is 4.17. The van der Waals surface area contributed by atoms with Gasteiger partial charge in [-0.2, -0.15) is 0 Å². The van der Waals surface area contributed by atoms with Crippen molar-refractivity contribution in [3.05, 3.63) is 0 Å². The van der Waals surface area contributed by atoms with Crippen LogP contribution in [-0.2, 0) is 4.74 Å². The minimum absolute atomic E-state index is 0.322. The molecule has 5 heteroatoms. The minimum Gasteiger partial charge on any atom is -0.395 e. The zero-order chi connectivity index (χ0) is 10.3. The first-order chi connectivity index (χ1) is 6.16. The molecule has 1 atom stereocenters. The standard InChI is InChI=1S/C8H18O5/c1-2-3-13-7(12)8(4-9,5-10)6-11/h7,9-12H,2-6H2,1H3. The van der Waals surface area contributed by atoms with Gasteiger partial charge in [-0.25, -0.2) is 0 Å². The fourth-order valence-corrected chi connectivity index (χ4v) is 0.791. The lowest BCUT2D eigenvalue weighted by Gasteiger charge is -2.32. The molecule has 13 heavy (non-hydrogen) atoms. The Morgan fingerprint density at radius 2 is 1.62 bits per heavy atom. The van der Waals surface area contributed by atoms with E-state index in [1.807, 2.05) is 6.92 Å². The molecular weight excluding hydrogens is 176 g/mol. The molecule has 0 saturated heterocycles. The van der Waals surface area contributed by atoms with E-state index in [-0.39, 0.29) is 0 Å².